The van der Waals surface area contributed by atoms with E-state index in [0.717, 1.165) is 19.3 Å². The maximum atomic E-state index is 11.2. The predicted octanol–water partition coefficient (Wildman–Crippen LogP) is 1.82. The summed E-state index contributed by atoms with van der Waals surface area (Å²) >= 11 is 0. The first kappa shape index (κ1) is 12.0. The smallest absolute Gasteiger partial charge is 0.333 e. The summed E-state index contributed by atoms with van der Waals surface area (Å²) in [5, 5.41) is 9.35. The van der Waals surface area contributed by atoms with Crippen LogP contribution >= 0.6 is 0 Å². The van der Waals surface area contributed by atoms with Gasteiger partial charge in [-0.05, 0) is 26.2 Å². The highest BCUT2D eigenvalue weighted by Gasteiger charge is 2.31. The second kappa shape index (κ2) is 5.12. The van der Waals surface area contributed by atoms with Gasteiger partial charge in [0.2, 0.25) is 0 Å². The number of carbonyl (C=O) groups is 1. The second-order valence-electron chi connectivity index (χ2n) is 4.23. The molecule has 84 valence electrons. The summed E-state index contributed by atoms with van der Waals surface area (Å²) in [5.74, 6) is -0.377. The van der Waals surface area contributed by atoms with Crippen molar-refractivity contribution in [1.29, 1.82) is 0 Å². The number of allylic oxidation sites excluding steroid dienone is 2. The van der Waals surface area contributed by atoms with Crippen LogP contribution in [0.2, 0.25) is 0 Å². The third-order valence-electron chi connectivity index (χ3n) is 2.75. The van der Waals surface area contributed by atoms with E-state index in [1.807, 2.05) is 6.08 Å². The molecule has 1 aliphatic carbocycles. The summed E-state index contributed by atoms with van der Waals surface area (Å²) in [4.78, 5) is 11.2. The molecule has 0 saturated carbocycles. The van der Waals surface area contributed by atoms with E-state index >= 15 is 0 Å². The van der Waals surface area contributed by atoms with Crippen LogP contribution in [0.25, 0.3) is 0 Å². The first-order chi connectivity index (χ1) is 7.09. The topological polar surface area (TPSA) is 46.5 Å². The van der Waals surface area contributed by atoms with Crippen molar-refractivity contribution in [2.75, 3.05) is 13.2 Å². The first-order valence-electron chi connectivity index (χ1n) is 5.18. The van der Waals surface area contributed by atoms with E-state index in [4.69, 9.17) is 4.74 Å². The number of aliphatic hydroxyl groups is 1. The van der Waals surface area contributed by atoms with Crippen molar-refractivity contribution >= 4 is 5.97 Å². The molecular formula is C12H18O3. The van der Waals surface area contributed by atoms with Crippen LogP contribution in [0, 0.1) is 5.41 Å². The van der Waals surface area contributed by atoms with E-state index in [2.05, 4.69) is 12.7 Å². The van der Waals surface area contributed by atoms with Crippen molar-refractivity contribution in [2.24, 2.45) is 5.41 Å². The Bertz CT molecular complexity index is 281. The summed E-state index contributed by atoms with van der Waals surface area (Å²) in [5.41, 5.74) is 0.120. The largest absolute Gasteiger partial charge is 0.462 e. The van der Waals surface area contributed by atoms with Gasteiger partial charge in [-0.2, -0.15) is 0 Å². The molecule has 0 aliphatic heterocycles. The van der Waals surface area contributed by atoms with Gasteiger partial charge in [0.1, 0.15) is 0 Å². The monoisotopic (exact) mass is 210 g/mol. The number of ether oxygens (including phenoxy) is 1. The second-order valence-corrected chi connectivity index (χ2v) is 4.23. The van der Waals surface area contributed by atoms with Crippen LogP contribution in [-0.2, 0) is 9.53 Å². The average molecular weight is 210 g/mol. The third-order valence-corrected chi connectivity index (χ3v) is 2.75. The fourth-order valence-corrected chi connectivity index (χ4v) is 1.60. The Labute approximate surface area is 90.4 Å². The van der Waals surface area contributed by atoms with E-state index in [1.165, 1.54) is 0 Å². The summed E-state index contributed by atoms with van der Waals surface area (Å²) in [7, 11) is 0. The highest BCUT2D eigenvalue weighted by molar-refractivity contribution is 5.86. The Morgan fingerprint density at radius 3 is 2.80 bits per heavy atom. The number of aliphatic hydroxyl groups excluding tert-OH is 1. The van der Waals surface area contributed by atoms with E-state index in [1.54, 1.807) is 6.92 Å². The SMILES string of the molecule is C=C(C)C(=O)OCC1(CO)CC=CCC1. The molecule has 0 fully saturated rings. The number of rotatable bonds is 4. The van der Waals surface area contributed by atoms with Crippen molar-refractivity contribution in [3.63, 3.8) is 0 Å². The lowest BCUT2D eigenvalue weighted by Gasteiger charge is -2.32. The Morgan fingerprint density at radius 2 is 2.33 bits per heavy atom. The zero-order valence-electron chi connectivity index (χ0n) is 9.16. The van der Waals surface area contributed by atoms with Crippen LogP contribution in [0.1, 0.15) is 26.2 Å². The Balaban J connectivity index is 2.50. The maximum Gasteiger partial charge on any atom is 0.333 e. The van der Waals surface area contributed by atoms with Gasteiger partial charge in [-0.1, -0.05) is 18.7 Å². The van der Waals surface area contributed by atoms with E-state index in [-0.39, 0.29) is 24.6 Å². The quantitative estimate of drug-likeness (QED) is 0.437. The molecule has 0 bridgehead atoms. The molecule has 0 heterocycles. The van der Waals surface area contributed by atoms with Gasteiger partial charge in [-0.15, -0.1) is 0 Å². The van der Waals surface area contributed by atoms with E-state index < -0.39 is 0 Å². The van der Waals surface area contributed by atoms with Gasteiger partial charge in [-0.25, -0.2) is 4.79 Å². The highest BCUT2D eigenvalue weighted by Crippen LogP contribution is 2.32. The Morgan fingerprint density at radius 1 is 1.60 bits per heavy atom. The lowest BCUT2D eigenvalue weighted by Crippen LogP contribution is -2.33. The molecule has 0 spiro atoms. The summed E-state index contributed by atoms with van der Waals surface area (Å²) < 4.78 is 5.10. The standard InChI is InChI=1S/C12H18O3/c1-10(2)11(14)15-9-12(8-13)6-4-3-5-7-12/h3-4,13H,1,5-9H2,2H3. The molecule has 15 heavy (non-hydrogen) atoms. The summed E-state index contributed by atoms with van der Waals surface area (Å²) in [6.07, 6.45) is 6.70. The molecule has 1 atom stereocenters. The van der Waals surface area contributed by atoms with Crippen LogP contribution < -0.4 is 0 Å². The van der Waals surface area contributed by atoms with Gasteiger partial charge in [0, 0.05) is 11.0 Å². The minimum atomic E-state index is -0.377. The maximum absolute atomic E-state index is 11.2. The molecule has 3 heteroatoms. The van der Waals surface area contributed by atoms with Crippen molar-refractivity contribution in [3.8, 4) is 0 Å². The lowest BCUT2D eigenvalue weighted by atomic mass is 9.78. The van der Waals surface area contributed by atoms with Gasteiger partial charge in [-0.3, -0.25) is 0 Å². The Kier molecular flexibility index (Phi) is 4.09. The molecule has 1 aliphatic rings. The van der Waals surface area contributed by atoms with Gasteiger partial charge >= 0.3 is 5.97 Å². The Hall–Kier alpha value is -1.09. The number of hydrogen-bond donors (Lipinski definition) is 1. The van der Waals surface area contributed by atoms with Gasteiger partial charge < -0.3 is 9.84 Å². The predicted molar refractivity (Wildman–Crippen MR) is 58.3 cm³/mol. The molecule has 0 aromatic heterocycles. The van der Waals surface area contributed by atoms with Crippen molar-refractivity contribution in [1.82, 2.24) is 0 Å². The minimum Gasteiger partial charge on any atom is -0.462 e. The van der Waals surface area contributed by atoms with Gasteiger partial charge in [0.15, 0.2) is 0 Å². The highest BCUT2D eigenvalue weighted by atomic mass is 16.5. The fraction of sp³-hybridized carbons (Fsp3) is 0.583. The molecular weight excluding hydrogens is 192 g/mol. The van der Waals surface area contributed by atoms with E-state index in [0.29, 0.717) is 5.57 Å². The molecule has 0 saturated heterocycles. The molecule has 0 aromatic carbocycles. The van der Waals surface area contributed by atoms with Crippen LogP contribution in [0.4, 0.5) is 0 Å². The molecule has 0 aromatic rings. The molecule has 0 radical (unpaired) electrons. The van der Waals surface area contributed by atoms with E-state index in [9.17, 15) is 9.90 Å². The van der Waals surface area contributed by atoms with Crippen LogP contribution in [0.15, 0.2) is 24.3 Å². The molecule has 1 unspecified atom stereocenters. The van der Waals surface area contributed by atoms with Gasteiger partial charge in [0.05, 0.1) is 13.2 Å². The summed E-state index contributed by atoms with van der Waals surface area (Å²) in [6.45, 7) is 5.47. The fourth-order valence-electron chi connectivity index (χ4n) is 1.60. The zero-order valence-corrected chi connectivity index (χ0v) is 9.16. The van der Waals surface area contributed by atoms with Crippen molar-refractivity contribution < 1.29 is 14.6 Å². The third kappa shape index (κ3) is 3.20. The van der Waals surface area contributed by atoms with Crippen LogP contribution in [0.3, 0.4) is 0 Å². The van der Waals surface area contributed by atoms with Crippen molar-refractivity contribution in [3.05, 3.63) is 24.3 Å². The normalized spacial score (nSPS) is 24.9. The first-order valence-corrected chi connectivity index (χ1v) is 5.18. The number of esters is 1. The molecule has 1 N–H and O–H groups in total. The summed E-state index contributed by atoms with van der Waals surface area (Å²) in [6, 6.07) is 0. The number of carbonyl (C=O) groups excluding carboxylic acids is 1. The average Bonchev–Trinajstić information content (AvgIpc) is 2.27. The van der Waals surface area contributed by atoms with Crippen LogP contribution in [-0.4, -0.2) is 24.3 Å². The van der Waals surface area contributed by atoms with Crippen molar-refractivity contribution in [2.45, 2.75) is 26.2 Å². The molecule has 1 rings (SSSR count). The lowest BCUT2D eigenvalue weighted by molar-refractivity contribution is -0.143. The zero-order chi connectivity index (χ0) is 11.3. The molecule has 0 amide bonds. The minimum absolute atomic E-state index is 0.0564. The number of hydrogen-bond acceptors (Lipinski definition) is 3. The van der Waals surface area contributed by atoms with Gasteiger partial charge in [0.25, 0.3) is 0 Å². The molecule has 3 nitrogen and oxygen atoms in total. The van der Waals surface area contributed by atoms with Crippen LogP contribution in [0.5, 0.6) is 0 Å².